The molecule has 5 nitrogen and oxygen atoms in total. The van der Waals surface area contributed by atoms with E-state index in [9.17, 15) is 0 Å². The summed E-state index contributed by atoms with van der Waals surface area (Å²) in [5, 5.41) is 1.21. The van der Waals surface area contributed by atoms with Gasteiger partial charge < -0.3 is 24.0 Å². The Labute approximate surface area is 506 Å². The van der Waals surface area contributed by atoms with Crippen LogP contribution in [0.2, 0.25) is 0 Å². The van der Waals surface area contributed by atoms with E-state index in [4.69, 9.17) is 4.74 Å². The number of anilines is 9. The van der Waals surface area contributed by atoms with E-state index in [0.29, 0.717) is 0 Å². The van der Waals surface area contributed by atoms with Crippen molar-refractivity contribution in [1.82, 2.24) is 4.57 Å². The van der Waals surface area contributed by atoms with Gasteiger partial charge in [-0.2, -0.15) is 0 Å². The number of benzene rings is 13. The van der Waals surface area contributed by atoms with Crippen LogP contribution in [0, 0.1) is 0 Å². The van der Waals surface area contributed by atoms with Crippen LogP contribution in [0.1, 0.15) is 0 Å². The molecule has 0 fully saturated rings. The average Bonchev–Trinajstić information content (AvgIpc) is 1.22. The summed E-state index contributed by atoms with van der Waals surface area (Å²) in [7, 11) is 0. The second-order valence-corrected chi connectivity index (χ2v) is 23.0. The first kappa shape index (κ1) is 49.2. The van der Waals surface area contributed by atoms with E-state index in [1.54, 1.807) is 0 Å². The fourth-order valence-corrected chi connectivity index (χ4v) is 14.9. The summed E-state index contributed by atoms with van der Waals surface area (Å²) in [5.74, 6) is 1.76. The number of nitrogens with zero attached hydrogens (tertiary/aromatic N) is 4. The zero-order valence-corrected chi connectivity index (χ0v) is 47.4. The predicted octanol–water partition coefficient (Wildman–Crippen LogP) is 16.8. The van der Waals surface area contributed by atoms with Crippen LogP contribution in [0.15, 0.2) is 315 Å². The fourth-order valence-electron chi connectivity index (χ4n) is 14.9. The van der Waals surface area contributed by atoms with Gasteiger partial charge in [-0.25, -0.2) is 0 Å². The quantitative estimate of drug-likeness (QED) is 0.142. The lowest BCUT2D eigenvalue weighted by Gasteiger charge is -2.46. The van der Waals surface area contributed by atoms with E-state index < -0.39 is 0 Å². The Morgan fingerprint density at radius 2 is 0.747 bits per heavy atom. The minimum atomic E-state index is -0.174. The number of rotatable bonds is 8. The lowest BCUT2D eigenvalue weighted by molar-refractivity contribution is 0.487. The zero-order valence-electron chi connectivity index (χ0n) is 47.4. The molecule has 4 aliphatic rings. The summed E-state index contributed by atoms with van der Waals surface area (Å²) in [4.78, 5) is 7.65. The van der Waals surface area contributed by atoms with Crippen LogP contribution in [-0.4, -0.2) is 18.0 Å². The maximum atomic E-state index is 7.05. The third kappa shape index (κ3) is 7.49. The van der Waals surface area contributed by atoms with Crippen molar-refractivity contribution in [3.05, 3.63) is 315 Å². The van der Waals surface area contributed by atoms with E-state index in [1.165, 1.54) is 38.4 Å². The molecule has 0 atom stereocenters. The second kappa shape index (κ2) is 19.7. The normalized spacial score (nSPS) is 13.0. The Hall–Kier alpha value is -11.3. The lowest BCUT2D eigenvalue weighted by atomic mass is 9.30. The average molecular weight is 1110 g/mol. The molecule has 0 amide bonds. The van der Waals surface area contributed by atoms with Crippen LogP contribution in [0.3, 0.4) is 0 Å². The molecule has 0 unspecified atom stereocenters. The van der Waals surface area contributed by atoms with Crippen molar-refractivity contribution >= 4 is 108 Å². The van der Waals surface area contributed by atoms with Crippen LogP contribution in [-0.2, 0) is 0 Å². The Morgan fingerprint density at radius 3 is 1.38 bits per heavy atom. The number of fused-ring (bicyclic) bond motifs is 9. The van der Waals surface area contributed by atoms with Crippen LogP contribution in [0.4, 0.5) is 51.2 Å². The SMILES string of the molecule is c1ccc(-c2cccc(-c3ccccc3)c2N2c3cc4c(cc3B3c5ccccc5Oc5cccc2c53)B2c3ccc(-n5c(-c6ccccc6)c(-c6ccccc6)c6ccccc65)cc3N(c3ccccc3)c3cccc(c32)N4c2ccccc2)cc1. The molecule has 4 aliphatic heterocycles. The highest BCUT2D eigenvalue weighted by molar-refractivity contribution is 7.02. The van der Waals surface area contributed by atoms with Crippen LogP contribution < -0.4 is 52.2 Å². The molecule has 0 bridgehead atoms. The smallest absolute Gasteiger partial charge is 0.256 e. The third-order valence-electron chi connectivity index (χ3n) is 18.4. The van der Waals surface area contributed by atoms with Crippen molar-refractivity contribution in [1.29, 1.82) is 0 Å². The summed E-state index contributed by atoms with van der Waals surface area (Å²) in [5.41, 5.74) is 28.9. The topological polar surface area (TPSA) is 23.9 Å². The van der Waals surface area contributed by atoms with Crippen molar-refractivity contribution < 1.29 is 4.74 Å². The molecule has 0 radical (unpaired) electrons. The molecule has 5 heterocycles. The lowest BCUT2D eigenvalue weighted by Crippen LogP contribution is -2.64. The Morgan fingerprint density at radius 1 is 0.276 bits per heavy atom. The zero-order chi connectivity index (χ0) is 57.1. The summed E-state index contributed by atoms with van der Waals surface area (Å²) < 4.78 is 9.56. The van der Waals surface area contributed by atoms with Gasteiger partial charge in [0.1, 0.15) is 11.5 Å². The largest absolute Gasteiger partial charge is 0.458 e. The first-order chi connectivity index (χ1) is 43.2. The number of ether oxygens (including phenoxy) is 1. The summed E-state index contributed by atoms with van der Waals surface area (Å²) in [6.45, 7) is -0.320. The molecule has 13 aromatic carbocycles. The maximum absolute atomic E-state index is 7.05. The van der Waals surface area contributed by atoms with E-state index in [-0.39, 0.29) is 13.4 Å². The third-order valence-corrected chi connectivity index (χ3v) is 18.4. The van der Waals surface area contributed by atoms with Gasteiger partial charge in [0.15, 0.2) is 0 Å². The fraction of sp³-hybridized carbons (Fsp3) is 0. The molecule has 87 heavy (non-hydrogen) atoms. The van der Waals surface area contributed by atoms with E-state index >= 15 is 0 Å². The molecule has 404 valence electrons. The second-order valence-electron chi connectivity index (χ2n) is 23.0. The van der Waals surface area contributed by atoms with Gasteiger partial charge in [0, 0.05) is 73.3 Å². The molecule has 0 aliphatic carbocycles. The van der Waals surface area contributed by atoms with Gasteiger partial charge in [0.25, 0.3) is 13.4 Å². The van der Waals surface area contributed by atoms with Crippen LogP contribution in [0.25, 0.3) is 61.2 Å². The van der Waals surface area contributed by atoms with E-state index in [0.717, 1.165) is 118 Å². The Kier molecular flexibility index (Phi) is 11.1. The Balaban J connectivity index is 0.949. The van der Waals surface area contributed by atoms with Gasteiger partial charge >= 0.3 is 0 Å². The molecule has 14 aromatic rings. The van der Waals surface area contributed by atoms with Gasteiger partial charge in [0.2, 0.25) is 0 Å². The van der Waals surface area contributed by atoms with Crippen molar-refractivity contribution in [2.45, 2.75) is 0 Å². The first-order valence-electron chi connectivity index (χ1n) is 30.1. The van der Waals surface area contributed by atoms with Crippen molar-refractivity contribution in [2.75, 3.05) is 14.7 Å². The monoisotopic (exact) mass is 1110 g/mol. The highest BCUT2D eigenvalue weighted by atomic mass is 16.5. The van der Waals surface area contributed by atoms with Crippen LogP contribution >= 0.6 is 0 Å². The number of para-hydroxylation sites is 5. The maximum Gasteiger partial charge on any atom is 0.256 e. The molecule has 0 saturated heterocycles. The van der Waals surface area contributed by atoms with Gasteiger partial charge in [0.05, 0.1) is 16.9 Å². The van der Waals surface area contributed by atoms with E-state index in [2.05, 4.69) is 335 Å². The minimum absolute atomic E-state index is 0.146. The van der Waals surface area contributed by atoms with Gasteiger partial charge in [-0.3, -0.25) is 0 Å². The summed E-state index contributed by atoms with van der Waals surface area (Å²) in [6, 6.07) is 116. The standard InChI is InChI=1S/C80H52B2N4O/c1-7-26-53(27-8-1)60-39-23-40-61(54-28-9-2-10-29-54)80(60)86-70-45-25-47-75-78(70)82(64-41-20-22-46-74(64)87-75)66-51-65-72(52-73(66)86)84(58-36-17-6-18-37-58)69-44-24-43-68-77(69)81(65)63-49-48-59(50-71(63)83(68)57-34-15-5-16-35-57)85-67-42-21-19-38-62(67)76(55-30-11-3-12-31-55)79(85)56-32-13-4-14-33-56/h1-52H. The van der Waals surface area contributed by atoms with Gasteiger partial charge in [-0.15, -0.1) is 0 Å². The van der Waals surface area contributed by atoms with Gasteiger partial charge in [-0.05, 0) is 134 Å². The molecule has 1 aromatic heterocycles. The van der Waals surface area contributed by atoms with Crippen molar-refractivity contribution in [3.8, 4) is 61.8 Å². The minimum Gasteiger partial charge on any atom is -0.458 e. The summed E-state index contributed by atoms with van der Waals surface area (Å²) in [6.07, 6.45) is 0. The molecular weight excluding hydrogens is 1050 g/mol. The van der Waals surface area contributed by atoms with Gasteiger partial charge in [-0.1, -0.05) is 237 Å². The number of hydrogen-bond donors (Lipinski definition) is 0. The highest BCUT2D eigenvalue weighted by Gasteiger charge is 2.48. The van der Waals surface area contributed by atoms with E-state index in [1.807, 2.05) is 0 Å². The Bertz CT molecular complexity index is 4980. The summed E-state index contributed by atoms with van der Waals surface area (Å²) >= 11 is 0. The highest BCUT2D eigenvalue weighted by Crippen LogP contribution is 2.52. The molecule has 0 N–H and O–H groups in total. The number of aromatic nitrogens is 1. The predicted molar refractivity (Wildman–Crippen MR) is 365 cm³/mol. The first-order valence-corrected chi connectivity index (χ1v) is 30.1. The molecule has 7 heteroatoms. The molecular formula is C80H52B2N4O. The van der Waals surface area contributed by atoms with Crippen molar-refractivity contribution in [2.24, 2.45) is 0 Å². The molecule has 0 saturated carbocycles. The molecule has 18 rings (SSSR count). The van der Waals surface area contributed by atoms with Crippen molar-refractivity contribution in [3.63, 3.8) is 0 Å². The number of hydrogen-bond acceptors (Lipinski definition) is 4. The van der Waals surface area contributed by atoms with Crippen LogP contribution in [0.5, 0.6) is 11.5 Å². The molecule has 0 spiro atoms.